The number of imide groups is 1. The third-order valence-electron chi connectivity index (χ3n) is 2.13. The molecule has 0 fully saturated rings. The Morgan fingerprint density at radius 2 is 1.80 bits per heavy atom. The fourth-order valence-electron chi connectivity index (χ4n) is 1.40. The predicted molar refractivity (Wildman–Crippen MR) is 56.1 cm³/mol. The summed E-state index contributed by atoms with van der Waals surface area (Å²) in [6, 6.07) is 7.10. The van der Waals surface area contributed by atoms with Crippen molar-refractivity contribution in [1.29, 1.82) is 0 Å². The third kappa shape index (κ3) is 2.07. The van der Waals surface area contributed by atoms with Crippen LogP contribution in [0, 0.1) is 0 Å². The molecule has 0 unspecified atom stereocenters. The van der Waals surface area contributed by atoms with Gasteiger partial charge in [0, 0.05) is 17.2 Å². The van der Waals surface area contributed by atoms with Gasteiger partial charge in [0.25, 0.3) is 11.8 Å². The molecule has 0 N–H and O–H groups in total. The maximum Gasteiger partial charge on any atom is 0.253 e. The summed E-state index contributed by atoms with van der Waals surface area (Å²) in [7, 11) is 0. The van der Waals surface area contributed by atoms with Crippen molar-refractivity contribution in [3.8, 4) is 0 Å². The fourth-order valence-corrected chi connectivity index (χ4v) is 1.62. The van der Waals surface area contributed by atoms with Crippen molar-refractivity contribution in [3.05, 3.63) is 47.0 Å². The lowest BCUT2D eigenvalue weighted by atomic mass is 10.2. The first-order valence-electron chi connectivity index (χ1n) is 4.45. The summed E-state index contributed by atoms with van der Waals surface area (Å²) in [4.78, 5) is 23.7. The van der Waals surface area contributed by atoms with Gasteiger partial charge in [0.1, 0.15) is 0 Å². The van der Waals surface area contributed by atoms with Gasteiger partial charge in [0.15, 0.2) is 0 Å². The van der Waals surface area contributed by atoms with Gasteiger partial charge in [-0.1, -0.05) is 23.7 Å². The van der Waals surface area contributed by atoms with Crippen LogP contribution >= 0.6 is 11.6 Å². The molecule has 2 amide bonds. The summed E-state index contributed by atoms with van der Waals surface area (Å²) < 4.78 is 0. The van der Waals surface area contributed by atoms with Crippen LogP contribution in [-0.2, 0) is 16.1 Å². The molecule has 2 rings (SSSR count). The largest absolute Gasteiger partial charge is 0.271 e. The first-order valence-corrected chi connectivity index (χ1v) is 4.82. The van der Waals surface area contributed by atoms with Crippen LogP contribution in [0.4, 0.5) is 0 Å². The van der Waals surface area contributed by atoms with Gasteiger partial charge in [-0.05, 0) is 17.7 Å². The molecule has 0 aromatic heterocycles. The molecule has 3 nitrogen and oxygen atoms in total. The second kappa shape index (κ2) is 3.87. The first kappa shape index (κ1) is 9.93. The minimum atomic E-state index is -0.278. The Balaban J connectivity index is 2.16. The molecule has 1 heterocycles. The molecule has 0 aliphatic carbocycles. The van der Waals surface area contributed by atoms with E-state index in [0.29, 0.717) is 5.02 Å². The lowest BCUT2D eigenvalue weighted by Gasteiger charge is -2.13. The Hall–Kier alpha value is -1.61. The van der Waals surface area contributed by atoms with Gasteiger partial charge in [-0.25, -0.2) is 0 Å². The third-order valence-corrected chi connectivity index (χ3v) is 2.37. The number of carbonyl (C=O) groups excluding carboxylic acids is 2. The second-order valence-corrected chi connectivity index (χ2v) is 3.66. The SMILES string of the molecule is O=C1C=CC(=O)N1Cc1cccc(Cl)c1. The van der Waals surface area contributed by atoms with Crippen molar-refractivity contribution in [2.24, 2.45) is 0 Å². The lowest BCUT2D eigenvalue weighted by molar-refractivity contribution is -0.137. The first-order chi connectivity index (χ1) is 7.16. The number of hydrogen-bond acceptors (Lipinski definition) is 2. The molecule has 0 saturated carbocycles. The zero-order valence-corrected chi connectivity index (χ0v) is 8.57. The molecule has 1 aromatic carbocycles. The smallest absolute Gasteiger partial charge is 0.253 e. The molecule has 1 aliphatic heterocycles. The summed E-state index contributed by atoms with van der Waals surface area (Å²) in [5.74, 6) is -0.556. The average Bonchev–Trinajstić information content (AvgIpc) is 2.50. The molecule has 76 valence electrons. The van der Waals surface area contributed by atoms with E-state index in [9.17, 15) is 9.59 Å². The van der Waals surface area contributed by atoms with E-state index in [0.717, 1.165) is 5.56 Å². The van der Waals surface area contributed by atoms with Crippen molar-refractivity contribution in [2.75, 3.05) is 0 Å². The summed E-state index contributed by atoms with van der Waals surface area (Å²) in [6.45, 7) is 0.269. The maximum atomic E-state index is 11.3. The standard InChI is InChI=1S/C11H8ClNO2/c12-9-3-1-2-8(6-9)7-13-10(14)4-5-11(13)15/h1-6H,7H2. The van der Waals surface area contributed by atoms with Crippen LogP contribution in [0.15, 0.2) is 36.4 Å². The van der Waals surface area contributed by atoms with E-state index in [-0.39, 0.29) is 18.4 Å². The highest BCUT2D eigenvalue weighted by atomic mass is 35.5. The Morgan fingerprint density at radius 1 is 1.13 bits per heavy atom. The van der Waals surface area contributed by atoms with E-state index < -0.39 is 0 Å². The van der Waals surface area contributed by atoms with Gasteiger partial charge < -0.3 is 0 Å². The lowest BCUT2D eigenvalue weighted by Crippen LogP contribution is -2.29. The number of carbonyl (C=O) groups is 2. The van der Waals surface area contributed by atoms with E-state index in [1.165, 1.54) is 17.1 Å². The van der Waals surface area contributed by atoms with Crippen molar-refractivity contribution >= 4 is 23.4 Å². The minimum Gasteiger partial charge on any atom is -0.271 e. The molecule has 0 saturated heterocycles. The van der Waals surface area contributed by atoms with Crippen molar-refractivity contribution in [1.82, 2.24) is 4.90 Å². The second-order valence-electron chi connectivity index (χ2n) is 3.23. The molecular weight excluding hydrogens is 214 g/mol. The topological polar surface area (TPSA) is 37.4 Å². The van der Waals surface area contributed by atoms with Crippen LogP contribution in [-0.4, -0.2) is 16.7 Å². The Kier molecular flexibility index (Phi) is 2.56. The molecule has 0 radical (unpaired) electrons. The summed E-state index contributed by atoms with van der Waals surface area (Å²) >= 11 is 5.80. The van der Waals surface area contributed by atoms with Crippen molar-refractivity contribution in [2.45, 2.75) is 6.54 Å². The number of halogens is 1. The molecule has 4 heteroatoms. The molecule has 1 aromatic rings. The van der Waals surface area contributed by atoms with Crippen molar-refractivity contribution < 1.29 is 9.59 Å². The van der Waals surface area contributed by atoms with E-state index in [2.05, 4.69) is 0 Å². The molecule has 0 spiro atoms. The molecule has 0 bridgehead atoms. The molecule has 0 atom stereocenters. The van der Waals surface area contributed by atoms with E-state index >= 15 is 0 Å². The average molecular weight is 222 g/mol. The number of rotatable bonds is 2. The predicted octanol–water partition coefficient (Wildman–Crippen LogP) is 1.77. The van der Waals surface area contributed by atoms with Gasteiger partial charge in [0.2, 0.25) is 0 Å². The van der Waals surface area contributed by atoms with Crippen LogP contribution in [0.1, 0.15) is 5.56 Å². The fraction of sp³-hybridized carbons (Fsp3) is 0.0909. The number of amides is 2. The summed E-state index contributed by atoms with van der Waals surface area (Å²) in [5, 5.41) is 0.597. The molecule has 1 aliphatic rings. The normalized spacial score (nSPS) is 15.1. The van der Waals surface area contributed by atoms with Gasteiger partial charge in [-0.2, -0.15) is 0 Å². The maximum absolute atomic E-state index is 11.3. The van der Waals surface area contributed by atoms with Gasteiger partial charge >= 0.3 is 0 Å². The Labute approximate surface area is 91.9 Å². The van der Waals surface area contributed by atoms with Crippen LogP contribution in [0.3, 0.4) is 0 Å². The van der Waals surface area contributed by atoms with Crippen LogP contribution in [0.5, 0.6) is 0 Å². The summed E-state index contributed by atoms with van der Waals surface area (Å²) in [5.41, 5.74) is 0.841. The van der Waals surface area contributed by atoms with E-state index in [4.69, 9.17) is 11.6 Å². The van der Waals surface area contributed by atoms with Gasteiger partial charge in [0.05, 0.1) is 6.54 Å². The minimum absolute atomic E-state index is 0.269. The quantitative estimate of drug-likeness (QED) is 0.714. The zero-order valence-electron chi connectivity index (χ0n) is 7.81. The van der Waals surface area contributed by atoms with Crippen LogP contribution in [0.2, 0.25) is 5.02 Å². The van der Waals surface area contributed by atoms with E-state index in [1.54, 1.807) is 18.2 Å². The van der Waals surface area contributed by atoms with Crippen LogP contribution < -0.4 is 0 Å². The highest BCUT2D eigenvalue weighted by Gasteiger charge is 2.22. The van der Waals surface area contributed by atoms with Crippen molar-refractivity contribution in [3.63, 3.8) is 0 Å². The van der Waals surface area contributed by atoms with Gasteiger partial charge in [-0.15, -0.1) is 0 Å². The highest BCUT2D eigenvalue weighted by Crippen LogP contribution is 2.14. The summed E-state index contributed by atoms with van der Waals surface area (Å²) in [6.07, 6.45) is 2.54. The highest BCUT2D eigenvalue weighted by molar-refractivity contribution is 6.30. The van der Waals surface area contributed by atoms with Crippen LogP contribution in [0.25, 0.3) is 0 Å². The van der Waals surface area contributed by atoms with E-state index in [1.807, 2.05) is 6.07 Å². The Morgan fingerprint density at radius 3 is 2.40 bits per heavy atom. The Bertz CT molecular complexity index is 436. The number of hydrogen-bond donors (Lipinski definition) is 0. The molecular formula is C11H8ClNO2. The zero-order chi connectivity index (χ0) is 10.8. The number of benzene rings is 1. The number of nitrogens with zero attached hydrogens (tertiary/aromatic N) is 1. The van der Waals surface area contributed by atoms with Gasteiger partial charge in [-0.3, -0.25) is 14.5 Å². The monoisotopic (exact) mass is 221 g/mol. The molecule has 15 heavy (non-hydrogen) atoms.